The summed E-state index contributed by atoms with van der Waals surface area (Å²) in [5.74, 6) is 0.738. The highest BCUT2D eigenvalue weighted by atomic mass is 16.3. The van der Waals surface area contributed by atoms with Gasteiger partial charge in [-0.3, -0.25) is 0 Å². The molecule has 1 saturated heterocycles. The van der Waals surface area contributed by atoms with Crippen LogP contribution in [0.4, 0.5) is 0 Å². The minimum atomic E-state index is 0.300. The molecule has 0 aromatic heterocycles. The van der Waals surface area contributed by atoms with E-state index in [2.05, 4.69) is 17.6 Å². The van der Waals surface area contributed by atoms with Gasteiger partial charge in [0.25, 0.3) is 0 Å². The van der Waals surface area contributed by atoms with Gasteiger partial charge >= 0.3 is 0 Å². The third kappa shape index (κ3) is 2.43. The molecule has 3 heteroatoms. The standard InChI is InChI=1S/C8H18N2O/c1-2-10-8(3-4-11)7-5-9-6-7/h7-11H,2-6H2,1H3/t8-/m1/s1. The van der Waals surface area contributed by atoms with Crippen LogP contribution in [0.1, 0.15) is 13.3 Å². The molecule has 3 N–H and O–H groups in total. The number of hydrogen-bond acceptors (Lipinski definition) is 3. The van der Waals surface area contributed by atoms with Crippen molar-refractivity contribution >= 4 is 0 Å². The number of aliphatic hydroxyl groups is 1. The highest BCUT2D eigenvalue weighted by Gasteiger charge is 2.25. The summed E-state index contributed by atoms with van der Waals surface area (Å²) >= 11 is 0. The molecule has 11 heavy (non-hydrogen) atoms. The second kappa shape index (κ2) is 4.70. The van der Waals surface area contributed by atoms with Gasteiger partial charge in [0.2, 0.25) is 0 Å². The van der Waals surface area contributed by atoms with Crippen LogP contribution in [-0.4, -0.2) is 37.4 Å². The van der Waals surface area contributed by atoms with Gasteiger partial charge in [-0.15, -0.1) is 0 Å². The first-order valence-electron chi connectivity index (χ1n) is 4.43. The van der Waals surface area contributed by atoms with Gasteiger partial charge in [-0.1, -0.05) is 6.92 Å². The molecule has 0 aromatic carbocycles. The fourth-order valence-corrected chi connectivity index (χ4v) is 1.50. The molecule has 0 aliphatic carbocycles. The van der Waals surface area contributed by atoms with Gasteiger partial charge in [0.05, 0.1) is 0 Å². The van der Waals surface area contributed by atoms with Gasteiger partial charge in [0.15, 0.2) is 0 Å². The summed E-state index contributed by atoms with van der Waals surface area (Å²) in [6.07, 6.45) is 0.889. The SMILES string of the molecule is CCN[C@H](CCO)C1CNC1. The fourth-order valence-electron chi connectivity index (χ4n) is 1.50. The quantitative estimate of drug-likeness (QED) is 0.508. The zero-order valence-corrected chi connectivity index (χ0v) is 7.14. The van der Waals surface area contributed by atoms with Gasteiger partial charge in [-0.2, -0.15) is 0 Å². The molecule has 1 aliphatic rings. The first-order chi connectivity index (χ1) is 5.38. The normalized spacial score (nSPS) is 21.3. The number of nitrogens with one attached hydrogen (secondary N) is 2. The monoisotopic (exact) mass is 158 g/mol. The third-order valence-electron chi connectivity index (χ3n) is 2.29. The largest absolute Gasteiger partial charge is 0.396 e. The lowest BCUT2D eigenvalue weighted by atomic mass is 9.92. The van der Waals surface area contributed by atoms with Crippen molar-refractivity contribution in [2.45, 2.75) is 19.4 Å². The predicted octanol–water partition coefficient (Wildman–Crippen LogP) is -0.434. The van der Waals surface area contributed by atoms with Gasteiger partial charge in [-0.25, -0.2) is 0 Å². The molecule has 1 fully saturated rings. The van der Waals surface area contributed by atoms with Crippen molar-refractivity contribution in [1.82, 2.24) is 10.6 Å². The molecule has 66 valence electrons. The Morgan fingerprint density at radius 2 is 2.36 bits per heavy atom. The zero-order valence-electron chi connectivity index (χ0n) is 7.14. The van der Waals surface area contributed by atoms with E-state index in [0.29, 0.717) is 12.6 Å². The Labute approximate surface area is 68.2 Å². The average Bonchev–Trinajstić information content (AvgIpc) is 1.85. The van der Waals surface area contributed by atoms with Crippen LogP contribution in [0.2, 0.25) is 0 Å². The van der Waals surface area contributed by atoms with Crippen molar-refractivity contribution in [1.29, 1.82) is 0 Å². The Balaban J connectivity index is 2.19. The van der Waals surface area contributed by atoms with Crippen molar-refractivity contribution in [3.05, 3.63) is 0 Å². The van der Waals surface area contributed by atoms with Crippen LogP contribution in [0.15, 0.2) is 0 Å². The summed E-state index contributed by atoms with van der Waals surface area (Å²) in [5.41, 5.74) is 0. The van der Waals surface area contributed by atoms with E-state index >= 15 is 0 Å². The third-order valence-corrected chi connectivity index (χ3v) is 2.29. The maximum Gasteiger partial charge on any atom is 0.0445 e. The number of rotatable bonds is 5. The van der Waals surface area contributed by atoms with Crippen LogP contribution in [0.5, 0.6) is 0 Å². The van der Waals surface area contributed by atoms with Gasteiger partial charge in [-0.05, 0) is 18.9 Å². The van der Waals surface area contributed by atoms with Crippen LogP contribution in [0, 0.1) is 5.92 Å². The molecule has 1 heterocycles. The lowest BCUT2D eigenvalue weighted by Crippen LogP contribution is -2.53. The van der Waals surface area contributed by atoms with E-state index in [1.54, 1.807) is 0 Å². The summed E-state index contributed by atoms with van der Waals surface area (Å²) in [7, 11) is 0. The number of aliphatic hydroxyl groups excluding tert-OH is 1. The van der Waals surface area contributed by atoms with Crippen LogP contribution in [-0.2, 0) is 0 Å². The maximum atomic E-state index is 8.77. The van der Waals surface area contributed by atoms with Crippen molar-refractivity contribution in [3.63, 3.8) is 0 Å². The summed E-state index contributed by atoms with van der Waals surface area (Å²) in [6, 6.07) is 0.520. The summed E-state index contributed by atoms with van der Waals surface area (Å²) < 4.78 is 0. The number of hydrogen-bond donors (Lipinski definition) is 3. The van der Waals surface area contributed by atoms with Crippen LogP contribution < -0.4 is 10.6 Å². The lowest BCUT2D eigenvalue weighted by Gasteiger charge is -2.34. The maximum absolute atomic E-state index is 8.77. The van der Waals surface area contributed by atoms with Gasteiger partial charge < -0.3 is 15.7 Å². The molecular weight excluding hydrogens is 140 g/mol. The van der Waals surface area contributed by atoms with Crippen molar-refractivity contribution in [3.8, 4) is 0 Å². The molecule has 0 amide bonds. The van der Waals surface area contributed by atoms with E-state index in [4.69, 9.17) is 5.11 Å². The van der Waals surface area contributed by atoms with E-state index in [-0.39, 0.29) is 0 Å². The smallest absolute Gasteiger partial charge is 0.0445 e. The molecule has 0 aromatic rings. The first-order valence-corrected chi connectivity index (χ1v) is 4.43. The van der Waals surface area contributed by atoms with E-state index in [1.807, 2.05) is 0 Å². The summed E-state index contributed by atoms with van der Waals surface area (Å²) in [6.45, 7) is 5.63. The lowest BCUT2D eigenvalue weighted by molar-refractivity contribution is 0.200. The first kappa shape index (κ1) is 8.97. The highest BCUT2D eigenvalue weighted by molar-refractivity contribution is 4.85. The molecule has 1 rings (SSSR count). The van der Waals surface area contributed by atoms with Crippen LogP contribution in [0.25, 0.3) is 0 Å². The Hall–Kier alpha value is -0.120. The molecule has 0 radical (unpaired) electrons. The van der Waals surface area contributed by atoms with E-state index in [0.717, 1.165) is 32.0 Å². The second-order valence-corrected chi connectivity index (χ2v) is 3.09. The summed E-state index contributed by atoms with van der Waals surface area (Å²) in [4.78, 5) is 0. The molecular formula is C8H18N2O. The molecule has 3 nitrogen and oxygen atoms in total. The molecule has 0 unspecified atom stereocenters. The highest BCUT2D eigenvalue weighted by Crippen LogP contribution is 2.11. The Kier molecular flexibility index (Phi) is 3.83. The average molecular weight is 158 g/mol. The van der Waals surface area contributed by atoms with Crippen molar-refractivity contribution in [2.24, 2.45) is 5.92 Å². The van der Waals surface area contributed by atoms with Gasteiger partial charge in [0, 0.05) is 25.7 Å². The van der Waals surface area contributed by atoms with Crippen molar-refractivity contribution in [2.75, 3.05) is 26.2 Å². The molecule has 0 saturated carbocycles. The van der Waals surface area contributed by atoms with E-state index in [9.17, 15) is 0 Å². The molecule has 1 atom stereocenters. The minimum Gasteiger partial charge on any atom is -0.396 e. The van der Waals surface area contributed by atoms with Crippen LogP contribution >= 0.6 is 0 Å². The second-order valence-electron chi connectivity index (χ2n) is 3.09. The Morgan fingerprint density at radius 1 is 1.64 bits per heavy atom. The molecule has 0 spiro atoms. The molecule has 0 bridgehead atoms. The minimum absolute atomic E-state index is 0.300. The fraction of sp³-hybridized carbons (Fsp3) is 1.00. The van der Waals surface area contributed by atoms with Gasteiger partial charge in [0.1, 0.15) is 0 Å². The Bertz CT molecular complexity index is 98.3. The molecule has 1 aliphatic heterocycles. The van der Waals surface area contributed by atoms with E-state index < -0.39 is 0 Å². The topological polar surface area (TPSA) is 44.3 Å². The zero-order chi connectivity index (χ0) is 8.10. The van der Waals surface area contributed by atoms with Crippen LogP contribution in [0.3, 0.4) is 0 Å². The summed E-state index contributed by atoms with van der Waals surface area (Å²) in [5, 5.41) is 15.4. The van der Waals surface area contributed by atoms with E-state index in [1.165, 1.54) is 0 Å². The predicted molar refractivity (Wildman–Crippen MR) is 45.5 cm³/mol. The Morgan fingerprint density at radius 3 is 2.73 bits per heavy atom. The van der Waals surface area contributed by atoms with Crippen molar-refractivity contribution < 1.29 is 5.11 Å².